The molecule has 1 amide bonds. The smallest absolute Gasteiger partial charge is 0.410 e. The molecule has 0 aliphatic rings. The highest BCUT2D eigenvalue weighted by molar-refractivity contribution is 5.86. The molecule has 6 nitrogen and oxygen atoms in total. The minimum absolute atomic E-state index is 0.0594. The number of nitrogens with one attached hydrogen (secondary N) is 1. The third-order valence-electron chi connectivity index (χ3n) is 2.28. The largest absolute Gasteiger partial charge is 0.417 e. The summed E-state index contributed by atoms with van der Waals surface area (Å²) < 4.78 is 4.98. The normalized spacial score (nSPS) is 9.68. The average Bonchev–Trinajstić information content (AvgIpc) is 2.40. The van der Waals surface area contributed by atoms with Gasteiger partial charge in [-0.25, -0.2) is 4.79 Å². The molecule has 96 valence electrons. The number of nitro benzene ring substituents is 1. The first-order chi connectivity index (χ1) is 9.15. The Morgan fingerprint density at radius 1 is 1.05 bits per heavy atom. The molecule has 0 saturated carbocycles. The van der Waals surface area contributed by atoms with Gasteiger partial charge in [0, 0.05) is 17.8 Å². The Morgan fingerprint density at radius 3 is 2.26 bits per heavy atom. The molecule has 0 radical (unpaired) electrons. The highest BCUT2D eigenvalue weighted by atomic mass is 16.6. The fraction of sp³-hybridized carbons (Fsp3) is 0. The van der Waals surface area contributed by atoms with Gasteiger partial charge in [0.25, 0.3) is 5.69 Å². The number of benzene rings is 2. The van der Waals surface area contributed by atoms with E-state index in [0.717, 1.165) is 0 Å². The van der Waals surface area contributed by atoms with Gasteiger partial charge in [0.1, 0.15) is 5.75 Å². The lowest BCUT2D eigenvalue weighted by Gasteiger charge is -2.05. The van der Waals surface area contributed by atoms with Crippen LogP contribution in [-0.4, -0.2) is 11.0 Å². The molecule has 0 heterocycles. The van der Waals surface area contributed by atoms with E-state index < -0.39 is 11.0 Å². The van der Waals surface area contributed by atoms with Crippen LogP contribution in [0.2, 0.25) is 0 Å². The van der Waals surface area contributed by atoms with E-state index in [1.807, 2.05) is 6.07 Å². The molecular weight excluding hydrogens is 248 g/mol. The number of non-ortho nitro benzene ring substituents is 1. The third kappa shape index (κ3) is 3.53. The van der Waals surface area contributed by atoms with Crippen LogP contribution in [-0.2, 0) is 0 Å². The number of ether oxygens (including phenoxy) is 1. The Labute approximate surface area is 108 Å². The van der Waals surface area contributed by atoms with Crippen LogP contribution < -0.4 is 10.1 Å². The zero-order valence-corrected chi connectivity index (χ0v) is 9.78. The summed E-state index contributed by atoms with van der Waals surface area (Å²) in [5.41, 5.74) is 0.547. The molecule has 2 rings (SSSR count). The summed E-state index contributed by atoms with van der Waals surface area (Å²) in [6, 6.07) is 14.1. The number of anilines is 1. The van der Waals surface area contributed by atoms with Gasteiger partial charge in [-0.15, -0.1) is 0 Å². The molecule has 2 aromatic rings. The fourth-order valence-electron chi connectivity index (χ4n) is 1.41. The Kier molecular flexibility index (Phi) is 3.72. The monoisotopic (exact) mass is 258 g/mol. The van der Waals surface area contributed by atoms with E-state index in [-0.39, 0.29) is 11.4 Å². The number of hydrogen-bond donors (Lipinski definition) is 1. The molecule has 6 heteroatoms. The standard InChI is InChI=1S/C13H10N2O4/c16-13(14-10-4-2-1-3-5-10)19-12-8-6-11(7-9-12)15(17)18/h1-9H,(H,14,16). The maximum absolute atomic E-state index is 11.5. The second-order valence-corrected chi connectivity index (χ2v) is 3.63. The van der Waals surface area contributed by atoms with Gasteiger partial charge >= 0.3 is 6.09 Å². The van der Waals surface area contributed by atoms with E-state index in [4.69, 9.17) is 4.74 Å². The topological polar surface area (TPSA) is 81.5 Å². The molecule has 0 atom stereocenters. The SMILES string of the molecule is O=C(Nc1ccccc1)Oc1ccc([N+](=O)[O-])cc1. The van der Waals surface area contributed by atoms with E-state index >= 15 is 0 Å². The van der Waals surface area contributed by atoms with Crippen molar-refractivity contribution in [1.82, 2.24) is 0 Å². The summed E-state index contributed by atoms with van der Waals surface area (Å²) in [7, 11) is 0. The van der Waals surface area contributed by atoms with E-state index in [0.29, 0.717) is 5.69 Å². The number of amides is 1. The molecule has 19 heavy (non-hydrogen) atoms. The molecule has 1 N–H and O–H groups in total. The summed E-state index contributed by atoms with van der Waals surface area (Å²) >= 11 is 0. The Morgan fingerprint density at radius 2 is 1.68 bits per heavy atom. The highest BCUT2D eigenvalue weighted by Gasteiger charge is 2.08. The van der Waals surface area contributed by atoms with Crippen molar-refractivity contribution in [2.24, 2.45) is 0 Å². The van der Waals surface area contributed by atoms with Crippen LogP contribution in [0.1, 0.15) is 0 Å². The lowest BCUT2D eigenvalue weighted by atomic mass is 10.3. The maximum atomic E-state index is 11.5. The number of carbonyl (C=O) groups is 1. The van der Waals surface area contributed by atoms with Crippen LogP contribution in [0.5, 0.6) is 5.75 Å². The van der Waals surface area contributed by atoms with Crippen molar-refractivity contribution in [3.8, 4) is 5.75 Å². The predicted octanol–water partition coefficient (Wildman–Crippen LogP) is 3.21. The van der Waals surface area contributed by atoms with Crippen molar-refractivity contribution in [1.29, 1.82) is 0 Å². The van der Waals surface area contributed by atoms with Crippen molar-refractivity contribution in [3.05, 3.63) is 64.7 Å². The number of para-hydroxylation sites is 1. The molecule has 0 fully saturated rings. The first kappa shape index (κ1) is 12.6. The van der Waals surface area contributed by atoms with Crippen LogP contribution in [0.4, 0.5) is 16.2 Å². The summed E-state index contributed by atoms with van der Waals surface area (Å²) in [5.74, 6) is 0.235. The van der Waals surface area contributed by atoms with Gasteiger partial charge < -0.3 is 4.74 Å². The van der Waals surface area contributed by atoms with Crippen LogP contribution in [0, 0.1) is 10.1 Å². The van der Waals surface area contributed by atoms with Crippen molar-refractivity contribution < 1.29 is 14.5 Å². The molecule has 0 saturated heterocycles. The van der Waals surface area contributed by atoms with Crippen LogP contribution in [0.25, 0.3) is 0 Å². The fourth-order valence-corrected chi connectivity index (χ4v) is 1.41. The van der Waals surface area contributed by atoms with E-state index in [1.54, 1.807) is 24.3 Å². The first-order valence-corrected chi connectivity index (χ1v) is 5.43. The maximum Gasteiger partial charge on any atom is 0.417 e. The Bertz CT molecular complexity index is 581. The van der Waals surface area contributed by atoms with Crippen molar-refractivity contribution in [2.75, 3.05) is 5.32 Å². The van der Waals surface area contributed by atoms with Crippen molar-refractivity contribution in [2.45, 2.75) is 0 Å². The Hall–Kier alpha value is -2.89. The van der Waals surface area contributed by atoms with Gasteiger partial charge in [-0.05, 0) is 24.3 Å². The second-order valence-electron chi connectivity index (χ2n) is 3.63. The molecule has 0 bridgehead atoms. The van der Waals surface area contributed by atoms with E-state index in [9.17, 15) is 14.9 Å². The lowest BCUT2D eigenvalue weighted by molar-refractivity contribution is -0.384. The second kappa shape index (κ2) is 5.63. The summed E-state index contributed by atoms with van der Waals surface area (Å²) in [4.78, 5) is 21.5. The van der Waals surface area contributed by atoms with Gasteiger partial charge in [0.2, 0.25) is 0 Å². The van der Waals surface area contributed by atoms with Crippen molar-refractivity contribution >= 4 is 17.5 Å². The molecular formula is C13H10N2O4. The summed E-state index contributed by atoms with van der Waals surface area (Å²) in [6.07, 6.45) is -0.653. The third-order valence-corrected chi connectivity index (χ3v) is 2.28. The lowest BCUT2D eigenvalue weighted by Crippen LogP contribution is -2.16. The van der Waals surface area contributed by atoms with Crippen LogP contribution in [0.3, 0.4) is 0 Å². The molecule has 0 aliphatic carbocycles. The summed E-state index contributed by atoms with van der Waals surface area (Å²) in [5, 5.41) is 13.0. The van der Waals surface area contributed by atoms with Crippen LogP contribution in [0.15, 0.2) is 54.6 Å². The molecule has 0 aromatic heterocycles. The summed E-state index contributed by atoms with van der Waals surface area (Å²) in [6.45, 7) is 0. The molecule has 2 aromatic carbocycles. The van der Waals surface area contributed by atoms with Gasteiger partial charge in [0.05, 0.1) is 4.92 Å². The van der Waals surface area contributed by atoms with Gasteiger partial charge in [-0.1, -0.05) is 18.2 Å². The number of rotatable bonds is 3. The molecule has 0 aliphatic heterocycles. The minimum atomic E-state index is -0.653. The van der Waals surface area contributed by atoms with Crippen molar-refractivity contribution in [3.63, 3.8) is 0 Å². The molecule has 0 spiro atoms. The Balaban J connectivity index is 1.97. The van der Waals surface area contributed by atoms with Gasteiger partial charge in [0.15, 0.2) is 0 Å². The minimum Gasteiger partial charge on any atom is -0.410 e. The number of hydrogen-bond acceptors (Lipinski definition) is 4. The van der Waals surface area contributed by atoms with E-state index in [1.165, 1.54) is 24.3 Å². The zero-order valence-electron chi connectivity index (χ0n) is 9.78. The number of nitro groups is 1. The predicted molar refractivity (Wildman–Crippen MR) is 69.2 cm³/mol. The first-order valence-electron chi connectivity index (χ1n) is 5.43. The van der Waals surface area contributed by atoms with Gasteiger partial charge in [-0.3, -0.25) is 15.4 Å². The molecule has 0 unspecified atom stereocenters. The van der Waals surface area contributed by atoms with E-state index in [2.05, 4.69) is 5.32 Å². The quantitative estimate of drug-likeness (QED) is 0.677. The van der Waals surface area contributed by atoms with Gasteiger partial charge in [-0.2, -0.15) is 0 Å². The highest BCUT2D eigenvalue weighted by Crippen LogP contribution is 2.17. The average molecular weight is 258 g/mol. The zero-order chi connectivity index (χ0) is 13.7. The number of carbonyl (C=O) groups excluding carboxylic acids is 1. The van der Waals surface area contributed by atoms with Crippen LogP contribution >= 0.6 is 0 Å². The number of nitrogens with zero attached hydrogens (tertiary/aromatic N) is 1.